The second-order valence-corrected chi connectivity index (χ2v) is 9.66. The van der Waals surface area contributed by atoms with Crippen molar-refractivity contribution in [2.24, 2.45) is 13.0 Å². The van der Waals surface area contributed by atoms with E-state index in [2.05, 4.69) is 17.0 Å². The highest BCUT2D eigenvalue weighted by Crippen LogP contribution is 2.36. The Balaban J connectivity index is 1.44. The maximum Gasteiger partial charge on any atom is 0.222 e. The summed E-state index contributed by atoms with van der Waals surface area (Å²) in [7, 11) is 1.87. The Hall–Kier alpha value is -3.48. The van der Waals surface area contributed by atoms with Crippen molar-refractivity contribution in [1.29, 1.82) is 0 Å². The lowest BCUT2D eigenvalue weighted by molar-refractivity contribution is 0.105. The molecule has 36 heavy (non-hydrogen) atoms. The molecule has 1 fully saturated rings. The first-order valence-electron chi connectivity index (χ1n) is 12.5. The summed E-state index contributed by atoms with van der Waals surface area (Å²) in [5, 5.41) is 15.8. The zero-order valence-electron chi connectivity index (χ0n) is 20.6. The molecule has 1 aromatic heterocycles. The Labute approximate surface area is 211 Å². The van der Waals surface area contributed by atoms with Gasteiger partial charge in [-0.2, -0.15) is 5.10 Å². The fourth-order valence-corrected chi connectivity index (χ4v) is 4.61. The molecule has 0 bridgehead atoms. The summed E-state index contributed by atoms with van der Waals surface area (Å²) in [6.45, 7) is 2.08. The molecule has 5 nitrogen and oxygen atoms in total. The Morgan fingerprint density at radius 1 is 1.00 bits per heavy atom. The fraction of sp³-hybridized carbons (Fsp3) is 0.300. The molecule has 1 aliphatic carbocycles. The molecule has 1 N–H and O–H groups in total. The molecule has 1 saturated carbocycles. The Kier molecular flexibility index (Phi) is 7.44. The van der Waals surface area contributed by atoms with E-state index in [1.165, 1.54) is 25.0 Å². The molecule has 0 amide bonds. The summed E-state index contributed by atoms with van der Waals surface area (Å²) >= 11 is 0. The first-order valence-corrected chi connectivity index (χ1v) is 12.5. The summed E-state index contributed by atoms with van der Waals surface area (Å²) < 4.78 is 21.5. The van der Waals surface area contributed by atoms with Gasteiger partial charge < -0.3 is 9.84 Å². The lowest BCUT2D eigenvalue weighted by atomic mass is 10.1. The predicted molar refractivity (Wildman–Crippen MR) is 139 cm³/mol. The topological polar surface area (TPSA) is 50.5 Å². The number of nitrogens with zero attached hydrogens (tertiary/aromatic N) is 3. The van der Waals surface area contributed by atoms with E-state index in [9.17, 15) is 9.50 Å². The van der Waals surface area contributed by atoms with Crippen molar-refractivity contribution in [3.8, 4) is 22.9 Å². The Morgan fingerprint density at radius 2 is 1.67 bits per heavy atom. The zero-order valence-corrected chi connectivity index (χ0v) is 20.6. The van der Waals surface area contributed by atoms with Crippen LogP contribution in [-0.4, -0.2) is 39.0 Å². The van der Waals surface area contributed by atoms with E-state index in [0.29, 0.717) is 37.1 Å². The van der Waals surface area contributed by atoms with Crippen LogP contribution in [0.4, 0.5) is 4.39 Å². The van der Waals surface area contributed by atoms with Gasteiger partial charge in [0.2, 0.25) is 5.88 Å². The SMILES string of the molecule is Cn1nc(-c2ccccc2)c(CN(CC2CC2)C[C@@H](O)Cc2ccccc2)c1Oc1ccc(F)cc1. The van der Waals surface area contributed by atoms with Gasteiger partial charge in [-0.3, -0.25) is 4.90 Å². The predicted octanol–water partition coefficient (Wildman–Crippen LogP) is 5.83. The molecule has 0 unspecified atom stereocenters. The van der Waals surface area contributed by atoms with E-state index in [-0.39, 0.29) is 5.82 Å². The van der Waals surface area contributed by atoms with Crippen molar-refractivity contribution < 1.29 is 14.2 Å². The zero-order chi connectivity index (χ0) is 24.9. The fourth-order valence-electron chi connectivity index (χ4n) is 4.61. The third-order valence-electron chi connectivity index (χ3n) is 6.54. The average Bonchev–Trinajstić information content (AvgIpc) is 3.65. The minimum Gasteiger partial charge on any atom is -0.439 e. The highest BCUT2D eigenvalue weighted by molar-refractivity contribution is 5.65. The molecule has 0 saturated heterocycles. The van der Waals surface area contributed by atoms with Crippen LogP contribution in [0.5, 0.6) is 11.6 Å². The van der Waals surface area contributed by atoms with E-state index in [4.69, 9.17) is 9.84 Å². The van der Waals surface area contributed by atoms with Crippen LogP contribution in [0.3, 0.4) is 0 Å². The summed E-state index contributed by atoms with van der Waals surface area (Å²) in [5.41, 5.74) is 3.95. The van der Waals surface area contributed by atoms with Gasteiger partial charge in [0, 0.05) is 32.2 Å². The summed E-state index contributed by atoms with van der Waals surface area (Å²) in [6, 6.07) is 26.2. The Bertz CT molecular complexity index is 1250. The number of benzene rings is 3. The van der Waals surface area contributed by atoms with E-state index in [1.807, 2.05) is 55.6 Å². The van der Waals surface area contributed by atoms with Crippen molar-refractivity contribution in [3.05, 3.63) is 102 Å². The van der Waals surface area contributed by atoms with Crippen LogP contribution < -0.4 is 4.74 Å². The maximum absolute atomic E-state index is 13.5. The van der Waals surface area contributed by atoms with Crippen LogP contribution in [-0.2, 0) is 20.0 Å². The summed E-state index contributed by atoms with van der Waals surface area (Å²) in [6.07, 6.45) is 2.58. The lowest BCUT2D eigenvalue weighted by Gasteiger charge is -2.26. The third kappa shape index (κ3) is 6.20. The number of hydrogen-bond acceptors (Lipinski definition) is 4. The number of halogens is 1. The molecular weight excluding hydrogens is 453 g/mol. The molecular formula is C30H32FN3O2. The number of aryl methyl sites for hydroxylation is 1. The van der Waals surface area contributed by atoms with Crippen LogP contribution in [0.1, 0.15) is 24.0 Å². The first-order chi connectivity index (χ1) is 17.5. The maximum atomic E-state index is 13.5. The van der Waals surface area contributed by atoms with Crippen molar-refractivity contribution in [2.45, 2.75) is 31.9 Å². The van der Waals surface area contributed by atoms with Gasteiger partial charge in [-0.15, -0.1) is 0 Å². The molecule has 0 radical (unpaired) electrons. The van der Waals surface area contributed by atoms with Crippen LogP contribution in [0.25, 0.3) is 11.3 Å². The number of ether oxygens (including phenoxy) is 1. The molecule has 0 aliphatic heterocycles. The average molecular weight is 486 g/mol. The summed E-state index contributed by atoms with van der Waals surface area (Å²) in [5.74, 6) is 1.53. The summed E-state index contributed by atoms with van der Waals surface area (Å²) in [4.78, 5) is 2.33. The van der Waals surface area contributed by atoms with E-state index in [1.54, 1.807) is 16.8 Å². The van der Waals surface area contributed by atoms with Crippen molar-refractivity contribution >= 4 is 0 Å². The van der Waals surface area contributed by atoms with E-state index < -0.39 is 6.10 Å². The molecule has 6 heteroatoms. The van der Waals surface area contributed by atoms with Crippen molar-refractivity contribution in [3.63, 3.8) is 0 Å². The molecule has 4 aromatic rings. The number of aliphatic hydroxyl groups excluding tert-OH is 1. The lowest BCUT2D eigenvalue weighted by Crippen LogP contribution is -2.35. The number of rotatable bonds is 11. The molecule has 3 aromatic carbocycles. The van der Waals surface area contributed by atoms with Gasteiger partial charge in [0.15, 0.2) is 0 Å². The molecule has 5 rings (SSSR count). The van der Waals surface area contributed by atoms with Crippen LogP contribution in [0.2, 0.25) is 0 Å². The van der Waals surface area contributed by atoms with Crippen molar-refractivity contribution in [2.75, 3.05) is 13.1 Å². The first kappa shape index (κ1) is 24.2. The highest BCUT2D eigenvalue weighted by Gasteiger charge is 2.28. The van der Waals surface area contributed by atoms with Gasteiger partial charge in [-0.05, 0) is 55.0 Å². The van der Waals surface area contributed by atoms with Crippen molar-refractivity contribution in [1.82, 2.24) is 14.7 Å². The monoisotopic (exact) mass is 485 g/mol. The molecule has 1 aliphatic rings. The Morgan fingerprint density at radius 3 is 2.33 bits per heavy atom. The minimum atomic E-state index is -0.482. The molecule has 1 heterocycles. The second kappa shape index (κ2) is 11.1. The minimum absolute atomic E-state index is 0.305. The number of aromatic nitrogens is 2. The number of aliphatic hydroxyl groups is 1. The van der Waals surface area contributed by atoms with Gasteiger partial charge in [0.05, 0.1) is 11.7 Å². The van der Waals surface area contributed by atoms with Gasteiger partial charge in [-0.1, -0.05) is 60.7 Å². The van der Waals surface area contributed by atoms with E-state index >= 15 is 0 Å². The van der Waals surface area contributed by atoms with Gasteiger partial charge in [-0.25, -0.2) is 9.07 Å². The smallest absolute Gasteiger partial charge is 0.222 e. The number of hydrogen-bond donors (Lipinski definition) is 1. The quantitative estimate of drug-likeness (QED) is 0.290. The molecule has 0 spiro atoms. The van der Waals surface area contributed by atoms with Crippen LogP contribution in [0.15, 0.2) is 84.9 Å². The standard InChI is InChI=1S/C30H32FN3O2/c1-33-30(36-27-16-14-25(31)15-17-27)28(29(32-33)24-10-6-3-7-11-24)21-34(19-23-12-13-23)20-26(35)18-22-8-4-2-5-9-22/h2-11,14-17,23,26,35H,12-13,18-21H2,1H3/t26-/m0/s1. The molecule has 186 valence electrons. The second-order valence-electron chi connectivity index (χ2n) is 9.66. The van der Waals surface area contributed by atoms with Gasteiger partial charge in [0.1, 0.15) is 17.3 Å². The van der Waals surface area contributed by atoms with Gasteiger partial charge >= 0.3 is 0 Å². The van der Waals surface area contributed by atoms with Gasteiger partial charge in [0.25, 0.3) is 0 Å². The normalized spacial score (nSPS) is 14.2. The van der Waals surface area contributed by atoms with Crippen LogP contribution >= 0.6 is 0 Å². The molecule has 1 atom stereocenters. The highest BCUT2D eigenvalue weighted by atomic mass is 19.1. The van der Waals surface area contributed by atoms with Crippen LogP contribution in [0, 0.1) is 11.7 Å². The van der Waals surface area contributed by atoms with E-state index in [0.717, 1.165) is 28.9 Å². The third-order valence-corrected chi connectivity index (χ3v) is 6.54. The largest absolute Gasteiger partial charge is 0.439 e.